The molecular formula is C6H3N3O3S. The summed E-state index contributed by atoms with van der Waals surface area (Å²) >= 11 is 1.17. The van der Waals surface area contributed by atoms with Crippen LogP contribution in [0.4, 0.5) is 0 Å². The summed E-state index contributed by atoms with van der Waals surface area (Å²) in [5.74, 6) is -1.29. The number of nitrogens with zero attached hydrogens (tertiary/aromatic N) is 3. The molecular weight excluding hydrogens is 194 g/mol. The van der Waals surface area contributed by atoms with Gasteiger partial charge in [-0.2, -0.15) is 10.1 Å². The van der Waals surface area contributed by atoms with Crippen LogP contribution in [0.5, 0.6) is 0 Å². The van der Waals surface area contributed by atoms with E-state index in [-0.39, 0.29) is 5.56 Å². The molecule has 0 amide bonds. The highest BCUT2D eigenvalue weighted by Crippen LogP contribution is 2.03. The van der Waals surface area contributed by atoms with Crippen molar-refractivity contribution in [2.45, 2.75) is 0 Å². The minimum atomic E-state index is -1.29. The Kier molecular flexibility index (Phi) is 1.59. The van der Waals surface area contributed by atoms with Crippen molar-refractivity contribution in [2.24, 2.45) is 0 Å². The second kappa shape index (κ2) is 2.63. The maximum Gasteiger partial charge on any atom is 0.343 e. The Morgan fingerprint density at radius 2 is 2.38 bits per heavy atom. The number of carbonyl (C=O) groups is 1. The van der Waals surface area contributed by atoms with E-state index in [9.17, 15) is 9.59 Å². The largest absolute Gasteiger partial charge is 0.477 e. The van der Waals surface area contributed by atoms with Crippen LogP contribution in [0.3, 0.4) is 0 Å². The van der Waals surface area contributed by atoms with Gasteiger partial charge in [0.25, 0.3) is 5.56 Å². The first kappa shape index (κ1) is 7.87. The Bertz CT molecular complexity index is 529. The molecule has 2 aromatic heterocycles. The summed E-state index contributed by atoms with van der Waals surface area (Å²) in [4.78, 5) is 25.5. The lowest BCUT2D eigenvalue weighted by molar-refractivity contribution is 0.0694. The van der Waals surface area contributed by atoms with E-state index in [0.717, 1.165) is 6.20 Å². The average Bonchev–Trinajstić information content (AvgIpc) is 2.48. The van der Waals surface area contributed by atoms with Crippen molar-refractivity contribution in [3.63, 3.8) is 0 Å². The summed E-state index contributed by atoms with van der Waals surface area (Å²) in [6.07, 6.45) is 1.16. The normalized spacial score (nSPS) is 10.5. The molecule has 66 valence electrons. The first-order chi connectivity index (χ1) is 6.18. The number of rotatable bonds is 1. The van der Waals surface area contributed by atoms with Crippen molar-refractivity contribution in [1.82, 2.24) is 14.6 Å². The maximum atomic E-state index is 11.0. The molecule has 0 saturated carbocycles. The van der Waals surface area contributed by atoms with Crippen LogP contribution in [-0.2, 0) is 0 Å². The lowest BCUT2D eigenvalue weighted by Gasteiger charge is -1.92. The van der Waals surface area contributed by atoms with Gasteiger partial charge in [0.05, 0.1) is 6.20 Å². The lowest BCUT2D eigenvalue weighted by atomic mass is 10.3. The predicted molar refractivity (Wildman–Crippen MR) is 44.1 cm³/mol. The minimum Gasteiger partial charge on any atom is -0.477 e. The zero-order valence-corrected chi connectivity index (χ0v) is 6.98. The summed E-state index contributed by atoms with van der Waals surface area (Å²) < 4.78 is 1.26. The van der Waals surface area contributed by atoms with Crippen LogP contribution in [0.25, 0.3) is 4.96 Å². The molecule has 13 heavy (non-hydrogen) atoms. The quantitative estimate of drug-likeness (QED) is 0.687. The van der Waals surface area contributed by atoms with Crippen molar-refractivity contribution in [3.8, 4) is 0 Å². The van der Waals surface area contributed by atoms with E-state index < -0.39 is 11.5 Å². The van der Waals surface area contributed by atoms with Crippen molar-refractivity contribution in [3.05, 3.63) is 27.6 Å². The molecule has 0 aliphatic carbocycles. The van der Waals surface area contributed by atoms with Gasteiger partial charge in [0.1, 0.15) is 11.1 Å². The Hall–Kier alpha value is -1.76. The van der Waals surface area contributed by atoms with E-state index in [1.165, 1.54) is 21.4 Å². The summed E-state index contributed by atoms with van der Waals surface area (Å²) in [7, 11) is 0. The third kappa shape index (κ3) is 1.18. The second-order valence-electron chi connectivity index (χ2n) is 2.23. The van der Waals surface area contributed by atoms with Crippen molar-refractivity contribution >= 4 is 22.3 Å². The molecule has 2 aromatic rings. The van der Waals surface area contributed by atoms with Gasteiger partial charge in [-0.05, 0) is 0 Å². The maximum absolute atomic E-state index is 11.0. The van der Waals surface area contributed by atoms with E-state index in [1.54, 1.807) is 0 Å². The monoisotopic (exact) mass is 197 g/mol. The smallest absolute Gasteiger partial charge is 0.343 e. The molecule has 0 fully saturated rings. The summed E-state index contributed by atoms with van der Waals surface area (Å²) in [6.45, 7) is 0. The molecule has 0 aromatic carbocycles. The van der Waals surface area contributed by atoms with Gasteiger partial charge in [0.2, 0.25) is 4.96 Å². The highest BCUT2D eigenvalue weighted by molar-refractivity contribution is 7.14. The van der Waals surface area contributed by atoms with Crippen molar-refractivity contribution < 1.29 is 9.90 Å². The number of fused-ring (bicyclic) bond motifs is 1. The Labute approximate surface area is 75.1 Å². The van der Waals surface area contributed by atoms with E-state index >= 15 is 0 Å². The number of aromatic carboxylic acids is 1. The average molecular weight is 197 g/mol. The minimum absolute atomic E-state index is 0.372. The Morgan fingerprint density at radius 3 is 3.08 bits per heavy atom. The molecule has 0 aliphatic rings. The number of aromatic nitrogens is 3. The van der Waals surface area contributed by atoms with Gasteiger partial charge in [-0.3, -0.25) is 4.79 Å². The van der Waals surface area contributed by atoms with Crippen LogP contribution < -0.4 is 5.56 Å². The van der Waals surface area contributed by atoms with Crippen molar-refractivity contribution in [1.29, 1.82) is 0 Å². The molecule has 0 saturated heterocycles. The van der Waals surface area contributed by atoms with Crippen molar-refractivity contribution in [2.75, 3.05) is 0 Å². The molecule has 6 nitrogen and oxygen atoms in total. The highest BCUT2D eigenvalue weighted by Gasteiger charge is 2.11. The molecule has 0 spiro atoms. The molecule has 0 unspecified atom stereocenters. The third-order valence-electron chi connectivity index (χ3n) is 1.44. The molecule has 0 bridgehead atoms. The highest BCUT2D eigenvalue weighted by atomic mass is 32.1. The summed E-state index contributed by atoms with van der Waals surface area (Å²) in [5, 5.41) is 12.4. The standard InChI is InChI=1S/C6H3N3O3S/c10-4-3(5(11)12)1-9-6(8-4)13-2-7-9/h1-2H,(H,11,12). The van der Waals surface area contributed by atoms with Gasteiger partial charge in [-0.1, -0.05) is 11.3 Å². The van der Waals surface area contributed by atoms with Crippen LogP contribution in [0, 0.1) is 0 Å². The first-order valence-electron chi connectivity index (χ1n) is 3.25. The van der Waals surface area contributed by atoms with Gasteiger partial charge >= 0.3 is 5.97 Å². The van der Waals surface area contributed by atoms with Crippen LogP contribution >= 0.6 is 11.3 Å². The molecule has 0 atom stereocenters. The fraction of sp³-hybridized carbons (Fsp3) is 0. The molecule has 2 heterocycles. The van der Waals surface area contributed by atoms with E-state index in [4.69, 9.17) is 5.11 Å². The fourth-order valence-electron chi connectivity index (χ4n) is 0.862. The first-order valence-corrected chi connectivity index (χ1v) is 4.13. The van der Waals surface area contributed by atoms with Crippen LogP contribution in [0.15, 0.2) is 16.5 Å². The topological polar surface area (TPSA) is 84.6 Å². The second-order valence-corrected chi connectivity index (χ2v) is 3.04. The molecule has 1 N–H and O–H groups in total. The van der Waals surface area contributed by atoms with Gasteiger partial charge in [0, 0.05) is 0 Å². The lowest BCUT2D eigenvalue weighted by Crippen LogP contribution is -2.18. The summed E-state index contributed by atoms with van der Waals surface area (Å²) in [6, 6.07) is 0. The zero-order valence-electron chi connectivity index (χ0n) is 6.17. The van der Waals surface area contributed by atoms with Crippen LogP contribution in [0.1, 0.15) is 10.4 Å². The molecule has 0 radical (unpaired) electrons. The van der Waals surface area contributed by atoms with E-state index in [1.807, 2.05) is 0 Å². The molecule has 2 rings (SSSR count). The SMILES string of the molecule is O=C(O)c1cn2ncsc2nc1=O. The number of carboxylic acids is 1. The summed E-state index contributed by atoms with van der Waals surface area (Å²) in [5.41, 5.74) is 0.369. The predicted octanol–water partition coefficient (Wildman–Crippen LogP) is -0.151. The fourth-order valence-corrected chi connectivity index (χ4v) is 1.45. The number of hydrogen-bond donors (Lipinski definition) is 1. The molecule has 7 heteroatoms. The van der Waals surface area contributed by atoms with Gasteiger partial charge in [0.15, 0.2) is 0 Å². The van der Waals surface area contributed by atoms with Crippen LogP contribution in [0.2, 0.25) is 0 Å². The third-order valence-corrected chi connectivity index (χ3v) is 2.12. The van der Waals surface area contributed by atoms with Gasteiger partial charge in [-0.15, -0.1) is 0 Å². The zero-order chi connectivity index (χ0) is 9.42. The Balaban J connectivity index is 2.84. The van der Waals surface area contributed by atoms with E-state index in [2.05, 4.69) is 10.1 Å². The Morgan fingerprint density at radius 1 is 1.62 bits per heavy atom. The number of hydrogen-bond acceptors (Lipinski definition) is 5. The van der Waals surface area contributed by atoms with Gasteiger partial charge < -0.3 is 5.11 Å². The van der Waals surface area contributed by atoms with Gasteiger partial charge in [-0.25, -0.2) is 9.31 Å². The van der Waals surface area contributed by atoms with E-state index in [0.29, 0.717) is 4.96 Å². The molecule has 0 aliphatic heterocycles. The van der Waals surface area contributed by atoms with Crippen LogP contribution in [-0.4, -0.2) is 25.7 Å². The number of carboxylic acid groups (broad SMARTS) is 1.